The predicted octanol–water partition coefficient (Wildman–Crippen LogP) is 1.22. The first-order valence-corrected chi connectivity index (χ1v) is 4.40. The van der Waals surface area contributed by atoms with Gasteiger partial charge in [-0.25, -0.2) is 0 Å². The first-order valence-electron chi connectivity index (χ1n) is 3.17. The number of thioether (sulfide) groups is 1. The highest BCUT2D eigenvalue weighted by molar-refractivity contribution is 8.02. The lowest BCUT2D eigenvalue weighted by Crippen LogP contribution is -2.10. The van der Waals surface area contributed by atoms with Crippen molar-refractivity contribution >= 4 is 18.0 Å². The number of hydrogen-bond acceptors (Lipinski definition) is 3. The third kappa shape index (κ3) is 1.61. The maximum Gasteiger partial charge on any atom is 0.149 e. The molecule has 0 radical (unpaired) electrons. The summed E-state index contributed by atoms with van der Waals surface area (Å²) in [5.74, 6) is 0. The van der Waals surface area contributed by atoms with E-state index in [1.165, 1.54) is 4.91 Å². The molecule has 1 aliphatic heterocycles. The molecule has 0 aromatic heterocycles. The molecule has 10 heavy (non-hydrogen) atoms. The van der Waals surface area contributed by atoms with Gasteiger partial charge in [0.05, 0.1) is 13.2 Å². The van der Waals surface area contributed by atoms with Gasteiger partial charge in [-0.15, -0.1) is 11.8 Å². The Morgan fingerprint density at radius 1 is 1.70 bits per heavy atom. The molecule has 3 heteroatoms. The molecule has 0 fully saturated rings. The van der Waals surface area contributed by atoms with Gasteiger partial charge in [-0.1, -0.05) is 0 Å². The molecular formula is C7H10O2S. The molecule has 1 rings (SSSR count). The predicted molar refractivity (Wildman–Crippen MR) is 42.0 cm³/mol. The van der Waals surface area contributed by atoms with Crippen LogP contribution < -0.4 is 0 Å². The Labute approximate surface area is 64.6 Å². The van der Waals surface area contributed by atoms with Gasteiger partial charge in [-0.3, -0.25) is 4.79 Å². The molecule has 0 saturated heterocycles. The molecule has 0 unspecified atom stereocenters. The summed E-state index contributed by atoms with van der Waals surface area (Å²) < 4.78 is 5.10. The monoisotopic (exact) mass is 158 g/mol. The number of rotatable bonds is 2. The molecule has 0 aromatic rings. The standard InChI is InChI=1S/C7H10O2S/c1-10-7-2-3-9-5-6(7)4-8/h4H,2-3,5H2,1H3. The van der Waals surface area contributed by atoms with Gasteiger partial charge in [0.15, 0.2) is 0 Å². The molecule has 0 amide bonds. The molecule has 2 nitrogen and oxygen atoms in total. The minimum absolute atomic E-state index is 0.500. The Kier molecular flexibility index (Phi) is 2.96. The normalized spacial score (nSPS) is 19.3. The summed E-state index contributed by atoms with van der Waals surface area (Å²) in [7, 11) is 0. The Bertz CT molecular complexity index is 163. The smallest absolute Gasteiger partial charge is 0.149 e. The van der Waals surface area contributed by atoms with Crippen molar-refractivity contribution in [3.63, 3.8) is 0 Å². The molecule has 0 aliphatic carbocycles. The van der Waals surface area contributed by atoms with Gasteiger partial charge in [-0.05, 0) is 11.2 Å². The van der Waals surface area contributed by atoms with E-state index in [2.05, 4.69) is 0 Å². The highest BCUT2D eigenvalue weighted by Gasteiger charge is 2.10. The summed E-state index contributed by atoms with van der Waals surface area (Å²) in [6.07, 6.45) is 3.78. The van der Waals surface area contributed by atoms with E-state index in [1.54, 1.807) is 11.8 Å². The Balaban J connectivity index is 2.72. The van der Waals surface area contributed by atoms with E-state index >= 15 is 0 Å². The first kappa shape index (κ1) is 7.82. The fourth-order valence-corrected chi connectivity index (χ4v) is 1.58. The molecule has 1 heterocycles. The quantitative estimate of drug-likeness (QED) is 0.565. The van der Waals surface area contributed by atoms with E-state index in [4.69, 9.17) is 4.74 Å². The van der Waals surface area contributed by atoms with Crippen LogP contribution in [0.3, 0.4) is 0 Å². The Morgan fingerprint density at radius 2 is 2.50 bits per heavy atom. The second kappa shape index (κ2) is 3.78. The SMILES string of the molecule is CSC1=C(C=O)COCC1. The van der Waals surface area contributed by atoms with Crippen LogP contribution in [0.1, 0.15) is 6.42 Å². The number of aldehydes is 1. The van der Waals surface area contributed by atoms with Crippen LogP contribution in [-0.4, -0.2) is 25.8 Å². The van der Waals surface area contributed by atoms with Gasteiger partial charge in [0.25, 0.3) is 0 Å². The fraction of sp³-hybridized carbons (Fsp3) is 0.571. The lowest BCUT2D eigenvalue weighted by molar-refractivity contribution is -0.105. The zero-order valence-corrected chi connectivity index (χ0v) is 6.74. The summed E-state index contributed by atoms with van der Waals surface area (Å²) in [6.45, 7) is 1.26. The number of hydrogen-bond donors (Lipinski definition) is 0. The van der Waals surface area contributed by atoms with Crippen LogP contribution in [-0.2, 0) is 9.53 Å². The lowest BCUT2D eigenvalue weighted by Gasteiger charge is -2.14. The zero-order valence-electron chi connectivity index (χ0n) is 5.92. The van der Waals surface area contributed by atoms with Crippen LogP contribution in [0.15, 0.2) is 10.5 Å². The average molecular weight is 158 g/mol. The lowest BCUT2D eigenvalue weighted by atomic mass is 10.2. The van der Waals surface area contributed by atoms with Gasteiger partial charge in [0.1, 0.15) is 6.29 Å². The van der Waals surface area contributed by atoms with Crippen molar-refractivity contribution in [1.29, 1.82) is 0 Å². The van der Waals surface area contributed by atoms with Crippen LogP contribution in [0.25, 0.3) is 0 Å². The van der Waals surface area contributed by atoms with Crippen LogP contribution in [0.5, 0.6) is 0 Å². The highest BCUT2D eigenvalue weighted by atomic mass is 32.2. The molecule has 56 valence electrons. The van der Waals surface area contributed by atoms with E-state index in [-0.39, 0.29) is 0 Å². The molecule has 0 N–H and O–H groups in total. The van der Waals surface area contributed by atoms with Gasteiger partial charge in [-0.2, -0.15) is 0 Å². The fourth-order valence-electron chi connectivity index (χ4n) is 0.921. The highest BCUT2D eigenvalue weighted by Crippen LogP contribution is 2.23. The number of carbonyl (C=O) groups is 1. The van der Waals surface area contributed by atoms with Crippen LogP contribution in [0.2, 0.25) is 0 Å². The van der Waals surface area contributed by atoms with Gasteiger partial charge < -0.3 is 4.74 Å². The van der Waals surface area contributed by atoms with E-state index in [1.807, 2.05) is 6.26 Å². The minimum Gasteiger partial charge on any atom is -0.376 e. The molecule has 1 aliphatic rings. The Hall–Kier alpha value is -0.280. The topological polar surface area (TPSA) is 26.3 Å². The zero-order chi connectivity index (χ0) is 7.40. The van der Waals surface area contributed by atoms with Crippen molar-refractivity contribution in [1.82, 2.24) is 0 Å². The minimum atomic E-state index is 0.500. The van der Waals surface area contributed by atoms with E-state index < -0.39 is 0 Å². The maximum absolute atomic E-state index is 10.4. The molecule has 0 aromatic carbocycles. The molecular weight excluding hydrogens is 148 g/mol. The summed E-state index contributed by atoms with van der Waals surface area (Å²) in [4.78, 5) is 11.6. The van der Waals surface area contributed by atoms with Crippen molar-refractivity contribution in [3.05, 3.63) is 10.5 Å². The maximum atomic E-state index is 10.4. The van der Waals surface area contributed by atoms with E-state index in [9.17, 15) is 4.79 Å². The van der Waals surface area contributed by atoms with Crippen molar-refractivity contribution in [3.8, 4) is 0 Å². The van der Waals surface area contributed by atoms with Gasteiger partial charge in [0.2, 0.25) is 0 Å². The molecule has 0 spiro atoms. The number of ether oxygens (including phenoxy) is 1. The molecule has 0 bridgehead atoms. The third-order valence-electron chi connectivity index (χ3n) is 1.48. The summed E-state index contributed by atoms with van der Waals surface area (Å²) in [6, 6.07) is 0. The summed E-state index contributed by atoms with van der Waals surface area (Å²) in [5, 5.41) is 0. The molecule has 0 atom stereocenters. The van der Waals surface area contributed by atoms with Crippen LogP contribution in [0, 0.1) is 0 Å². The van der Waals surface area contributed by atoms with E-state index in [0.717, 1.165) is 24.9 Å². The first-order chi connectivity index (χ1) is 4.88. The van der Waals surface area contributed by atoms with Crippen LogP contribution in [0.4, 0.5) is 0 Å². The van der Waals surface area contributed by atoms with E-state index in [0.29, 0.717) is 6.61 Å². The second-order valence-corrected chi connectivity index (χ2v) is 2.97. The third-order valence-corrected chi connectivity index (χ3v) is 2.44. The van der Waals surface area contributed by atoms with Crippen molar-refractivity contribution in [2.75, 3.05) is 19.5 Å². The van der Waals surface area contributed by atoms with Crippen molar-refractivity contribution in [2.45, 2.75) is 6.42 Å². The average Bonchev–Trinajstić information content (AvgIpc) is 2.04. The van der Waals surface area contributed by atoms with Gasteiger partial charge >= 0.3 is 0 Å². The number of carbonyl (C=O) groups excluding carboxylic acids is 1. The summed E-state index contributed by atoms with van der Waals surface area (Å²) >= 11 is 1.65. The molecule has 0 saturated carbocycles. The largest absolute Gasteiger partial charge is 0.376 e. The van der Waals surface area contributed by atoms with Crippen molar-refractivity contribution in [2.24, 2.45) is 0 Å². The van der Waals surface area contributed by atoms with Crippen molar-refractivity contribution < 1.29 is 9.53 Å². The van der Waals surface area contributed by atoms with Gasteiger partial charge in [0, 0.05) is 12.0 Å². The Morgan fingerprint density at radius 3 is 3.00 bits per heavy atom. The van der Waals surface area contributed by atoms with Crippen LogP contribution >= 0.6 is 11.8 Å². The summed E-state index contributed by atoms with van der Waals surface area (Å²) in [5.41, 5.74) is 0.818. The second-order valence-electron chi connectivity index (χ2n) is 2.07.